The molecule has 3 aromatic heterocycles. The second kappa shape index (κ2) is 6.64. The topological polar surface area (TPSA) is 59.1 Å². The summed E-state index contributed by atoms with van der Waals surface area (Å²) in [7, 11) is 0. The number of pyridine rings is 1. The molecule has 0 spiro atoms. The first-order valence-electron chi connectivity index (χ1n) is 6.59. The van der Waals surface area contributed by atoms with E-state index in [9.17, 15) is 9.59 Å². The number of amides is 1. The molecule has 0 bridgehead atoms. The third kappa shape index (κ3) is 3.29. The lowest BCUT2D eigenvalue weighted by Gasteiger charge is -2.02. The quantitative estimate of drug-likeness (QED) is 0.731. The molecule has 0 aliphatic heterocycles. The second-order valence-corrected chi connectivity index (χ2v) is 6.45. The molecule has 22 heavy (non-hydrogen) atoms. The van der Waals surface area contributed by atoms with Crippen molar-refractivity contribution in [3.63, 3.8) is 0 Å². The zero-order chi connectivity index (χ0) is 15.4. The predicted molar refractivity (Wildman–Crippen MR) is 87.5 cm³/mol. The van der Waals surface area contributed by atoms with Crippen LogP contribution in [-0.2, 0) is 6.54 Å². The van der Waals surface area contributed by atoms with Crippen molar-refractivity contribution in [3.05, 3.63) is 74.4 Å². The van der Waals surface area contributed by atoms with Crippen LogP contribution >= 0.6 is 22.7 Å². The standard InChI is InChI=1S/C16H12N2O2S2/c19-15(11-6-8-21-10-11)14-5-4-12(22-14)9-18-16(20)13-3-1-2-7-17-13/h1-8,10H,9H2,(H,18,20). The SMILES string of the molecule is O=C(NCc1ccc(C(=O)c2ccsc2)s1)c1ccccn1. The van der Waals surface area contributed by atoms with Gasteiger partial charge in [0.05, 0.1) is 11.4 Å². The molecular weight excluding hydrogens is 316 g/mol. The van der Waals surface area contributed by atoms with Crippen LogP contribution in [0.25, 0.3) is 0 Å². The molecule has 4 nitrogen and oxygen atoms in total. The molecule has 0 aliphatic carbocycles. The first-order valence-corrected chi connectivity index (χ1v) is 8.35. The van der Waals surface area contributed by atoms with Gasteiger partial charge in [0.25, 0.3) is 5.91 Å². The summed E-state index contributed by atoms with van der Waals surface area (Å²) in [6.07, 6.45) is 1.58. The first-order chi connectivity index (χ1) is 10.7. The van der Waals surface area contributed by atoms with Crippen LogP contribution < -0.4 is 5.32 Å². The third-order valence-electron chi connectivity index (χ3n) is 2.99. The Morgan fingerprint density at radius 2 is 2.05 bits per heavy atom. The third-order valence-corrected chi connectivity index (χ3v) is 4.76. The van der Waals surface area contributed by atoms with Gasteiger partial charge in [-0.1, -0.05) is 6.07 Å². The summed E-state index contributed by atoms with van der Waals surface area (Å²) in [6.45, 7) is 0.386. The lowest BCUT2D eigenvalue weighted by Crippen LogP contribution is -2.23. The Morgan fingerprint density at radius 1 is 1.14 bits per heavy atom. The summed E-state index contributed by atoms with van der Waals surface area (Å²) >= 11 is 2.90. The van der Waals surface area contributed by atoms with Crippen molar-refractivity contribution in [1.29, 1.82) is 0 Å². The smallest absolute Gasteiger partial charge is 0.270 e. The monoisotopic (exact) mass is 328 g/mol. The zero-order valence-corrected chi connectivity index (χ0v) is 13.1. The van der Waals surface area contributed by atoms with E-state index in [0.717, 1.165) is 4.88 Å². The summed E-state index contributed by atoms with van der Waals surface area (Å²) in [5, 5.41) is 6.52. The van der Waals surface area contributed by atoms with E-state index in [1.54, 1.807) is 30.5 Å². The van der Waals surface area contributed by atoms with Crippen molar-refractivity contribution >= 4 is 34.4 Å². The first kappa shape index (κ1) is 14.6. The summed E-state index contributed by atoms with van der Waals surface area (Å²) in [5.41, 5.74) is 1.09. The number of hydrogen-bond acceptors (Lipinski definition) is 5. The van der Waals surface area contributed by atoms with E-state index in [1.807, 2.05) is 22.9 Å². The molecule has 110 valence electrons. The van der Waals surface area contributed by atoms with Gasteiger partial charge in [-0.05, 0) is 35.7 Å². The molecule has 0 atom stereocenters. The summed E-state index contributed by atoms with van der Waals surface area (Å²) in [6, 6.07) is 10.7. The minimum atomic E-state index is -0.222. The fraction of sp³-hybridized carbons (Fsp3) is 0.0625. The van der Waals surface area contributed by atoms with Gasteiger partial charge in [0.2, 0.25) is 5.78 Å². The van der Waals surface area contributed by atoms with E-state index >= 15 is 0 Å². The number of hydrogen-bond donors (Lipinski definition) is 1. The number of aromatic nitrogens is 1. The predicted octanol–water partition coefficient (Wildman–Crippen LogP) is 3.37. The Kier molecular flexibility index (Phi) is 4.41. The van der Waals surface area contributed by atoms with Gasteiger partial charge in [0, 0.05) is 22.0 Å². The number of carbonyl (C=O) groups is 2. The lowest BCUT2D eigenvalue weighted by molar-refractivity contribution is 0.0945. The highest BCUT2D eigenvalue weighted by molar-refractivity contribution is 7.14. The van der Waals surface area contributed by atoms with Gasteiger partial charge in [-0.25, -0.2) is 0 Å². The van der Waals surface area contributed by atoms with E-state index in [1.165, 1.54) is 22.7 Å². The number of nitrogens with one attached hydrogen (secondary N) is 1. The molecule has 3 heterocycles. The highest BCUT2D eigenvalue weighted by atomic mass is 32.1. The molecule has 0 aliphatic rings. The molecule has 0 unspecified atom stereocenters. The summed E-state index contributed by atoms with van der Waals surface area (Å²) in [4.78, 5) is 29.7. The molecule has 0 fully saturated rings. The van der Waals surface area contributed by atoms with Gasteiger partial charge in [-0.3, -0.25) is 14.6 Å². The van der Waals surface area contributed by atoms with Gasteiger partial charge >= 0.3 is 0 Å². The van der Waals surface area contributed by atoms with Crippen molar-refractivity contribution < 1.29 is 9.59 Å². The Bertz CT molecular complexity index is 780. The Labute approximate surface area is 135 Å². The van der Waals surface area contributed by atoms with Gasteiger partial charge in [-0.15, -0.1) is 11.3 Å². The van der Waals surface area contributed by atoms with Gasteiger partial charge in [0.15, 0.2) is 0 Å². The average molecular weight is 328 g/mol. The molecule has 3 rings (SSSR count). The van der Waals surface area contributed by atoms with Crippen LogP contribution in [0.1, 0.15) is 30.6 Å². The number of nitrogens with zero attached hydrogens (tertiary/aromatic N) is 1. The van der Waals surface area contributed by atoms with Crippen LogP contribution in [0.15, 0.2) is 53.4 Å². The van der Waals surface area contributed by atoms with E-state index in [-0.39, 0.29) is 11.7 Å². The maximum atomic E-state index is 12.2. The van der Waals surface area contributed by atoms with Gasteiger partial charge < -0.3 is 5.32 Å². The Morgan fingerprint density at radius 3 is 2.77 bits per heavy atom. The van der Waals surface area contributed by atoms with Crippen molar-refractivity contribution in [3.8, 4) is 0 Å². The zero-order valence-electron chi connectivity index (χ0n) is 11.5. The average Bonchev–Trinajstić information content (AvgIpc) is 3.24. The molecule has 0 saturated carbocycles. The number of carbonyl (C=O) groups excluding carboxylic acids is 2. The highest BCUT2D eigenvalue weighted by Crippen LogP contribution is 2.21. The minimum Gasteiger partial charge on any atom is -0.346 e. The van der Waals surface area contributed by atoms with E-state index in [2.05, 4.69) is 10.3 Å². The molecule has 1 amide bonds. The van der Waals surface area contributed by atoms with Crippen molar-refractivity contribution in [2.45, 2.75) is 6.54 Å². The minimum absolute atomic E-state index is 0.0218. The van der Waals surface area contributed by atoms with Crippen LogP contribution in [0, 0.1) is 0 Å². The summed E-state index contributed by atoms with van der Waals surface area (Å²) in [5.74, 6) is -0.201. The summed E-state index contributed by atoms with van der Waals surface area (Å²) < 4.78 is 0. The lowest BCUT2D eigenvalue weighted by atomic mass is 10.2. The van der Waals surface area contributed by atoms with Crippen LogP contribution in [0.2, 0.25) is 0 Å². The normalized spacial score (nSPS) is 10.4. The van der Waals surface area contributed by atoms with Crippen LogP contribution in [-0.4, -0.2) is 16.7 Å². The van der Waals surface area contributed by atoms with E-state index in [4.69, 9.17) is 0 Å². The van der Waals surface area contributed by atoms with E-state index < -0.39 is 0 Å². The number of rotatable bonds is 5. The fourth-order valence-corrected chi connectivity index (χ4v) is 3.43. The van der Waals surface area contributed by atoms with Gasteiger partial charge in [0.1, 0.15) is 5.69 Å². The highest BCUT2D eigenvalue weighted by Gasteiger charge is 2.13. The molecule has 6 heteroatoms. The van der Waals surface area contributed by atoms with Crippen molar-refractivity contribution in [2.24, 2.45) is 0 Å². The second-order valence-electron chi connectivity index (χ2n) is 4.50. The molecule has 0 aromatic carbocycles. The molecule has 3 aromatic rings. The molecule has 0 saturated heterocycles. The maximum absolute atomic E-state index is 12.2. The molecule has 0 radical (unpaired) electrons. The van der Waals surface area contributed by atoms with Crippen LogP contribution in [0.3, 0.4) is 0 Å². The van der Waals surface area contributed by atoms with E-state index in [0.29, 0.717) is 22.7 Å². The number of thiophene rings is 2. The Hall–Kier alpha value is -2.31. The van der Waals surface area contributed by atoms with Crippen LogP contribution in [0.5, 0.6) is 0 Å². The number of ketones is 1. The molecular formula is C16H12N2O2S2. The fourth-order valence-electron chi connectivity index (χ4n) is 1.89. The van der Waals surface area contributed by atoms with Gasteiger partial charge in [-0.2, -0.15) is 11.3 Å². The largest absolute Gasteiger partial charge is 0.346 e. The molecule has 1 N–H and O–H groups in total. The maximum Gasteiger partial charge on any atom is 0.270 e. The van der Waals surface area contributed by atoms with Crippen molar-refractivity contribution in [1.82, 2.24) is 10.3 Å². The van der Waals surface area contributed by atoms with Crippen LogP contribution in [0.4, 0.5) is 0 Å². The Balaban J connectivity index is 1.63. The van der Waals surface area contributed by atoms with Crippen molar-refractivity contribution in [2.75, 3.05) is 0 Å².